The maximum atomic E-state index is 9.81. The van der Waals surface area contributed by atoms with Crippen LogP contribution in [0.25, 0.3) is 0 Å². The zero-order valence-corrected chi connectivity index (χ0v) is 10.5. The van der Waals surface area contributed by atoms with Crippen molar-refractivity contribution in [3.63, 3.8) is 0 Å². The molecule has 0 saturated carbocycles. The van der Waals surface area contributed by atoms with Crippen molar-refractivity contribution in [3.05, 3.63) is 27.6 Å². The van der Waals surface area contributed by atoms with E-state index >= 15 is 0 Å². The number of aromatic nitrogens is 1. The summed E-state index contributed by atoms with van der Waals surface area (Å²) < 4.78 is 6.24. The third-order valence-corrected chi connectivity index (χ3v) is 3.51. The lowest BCUT2D eigenvalue weighted by molar-refractivity contribution is -0.0241. The molecular formula is C10H12INO4. The zero-order chi connectivity index (χ0) is 11.7. The molecule has 88 valence electrons. The maximum Gasteiger partial charge on any atom is 0.130 e. The van der Waals surface area contributed by atoms with Crippen LogP contribution in [-0.4, -0.2) is 45.2 Å². The minimum Gasteiger partial charge on any atom is -0.394 e. The highest BCUT2D eigenvalue weighted by Crippen LogP contribution is 2.34. The molecule has 2 rings (SSSR count). The van der Waals surface area contributed by atoms with Crippen molar-refractivity contribution < 1.29 is 20.1 Å². The van der Waals surface area contributed by atoms with E-state index in [1.54, 1.807) is 12.3 Å². The fourth-order valence-corrected chi connectivity index (χ4v) is 2.39. The molecule has 2 heterocycles. The van der Waals surface area contributed by atoms with E-state index in [1.165, 1.54) is 0 Å². The fourth-order valence-electron chi connectivity index (χ4n) is 1.73. The Morgan fingerprint density at radius 3 is 2.69 bits per heavy atom. The smallest absolute Gasteiger partial charge is 0.130 e. The number of rotatable bonds is 2. The van der Waals surface area contributed by atoms with Crippen LogP contribution in [0.15, 0.2) is 18.3 Å². The van der Waals surface area contributed by atoms with E-state index in [4.69, 9.17) is 9.84 Å². The highest BCUT2D eigenvalue weighted by atomic mass is 127. The van der Waals surface area contributed by atoms with Crippen LogP contribution >= 0.6 is 22.6 Å². The molecule has 5 nitrogen and oxygen atoms in total. The van der Waals surface area contributed by atoms with Crippen molar-refractivity contribution in [1.82, 2.24) is 4.98 Å². The van der Waals surface area contributed by atoms with E-state index in [-0.39, 0.29) is 6.61 Å². The van der Waals surface area contributed by atoms with Gasteiger partial charge >= 0.3 is 0 Å². The highest BCUT2D eigenvalue weighted by molar-refractivity contribution is 14.1. The lowest BCUT2D eigenvalue weighted by Crippen LogP contribution is -2.32. The molecule has 1 aliphatic rings. The van der Waals surface area contributed by atoms with Crippen molar-refractivity contribution in [2.45, 2.75) is 24.4 Å². The van der Waals surface area contributed by atoms with E-state index in [0.717, 1.165) is 3.57 Å². The van der Waals surface area contributed by atoms with Gasteiger partial charge < -0.3 is 20.1 Å². The van der Waals surface area contributed by atoms with Crippen LogP contribution in [0.4, 0.5) is 0 Å². The number of halogens is 1. The summed E-state index contributed by atoms with van der Waals surface area (Å²) in [5.74, 6) is 0. The van der Waals surface area contributed by atoms with Gasteiger partial charge in [0, 0.05) is 9.77 Å². The van der Waals surface area contributed by atoms with Gasteiger partial charge in [-0.15, -0.1) is 0 Å². The predicted molar refractivity (Wildman–Crippen MR) is 63.7 cm³/mol. The SMILES string of the molecule is OC[C@H]1O[C@H](c2ncccc2I)[C@H](O)[C@@H]1O. The Morgan fingerprint density at radius 1 is 1.38 bits per heavy atom. The Balaban J connectivity index is 2.26. The summed E-state index contributed by atoms with van der Waals surface area (Å²) in [5, 5.41) is 28.4. The molecular weight excluding hydrogens is 325 g/mol. The van der Waals surface area contributed by atoms with Gasteiger partial charge in [0.15, 0.2) is 0 Å². The first-order chi connectivity index (χ1) is 7.65. The Hall–Kier alpha value is -0.280. The van der Waals surface area contributed by atoms with Crippen molar-refractivity contribution in [1.29, 1.82) is 0 Å². The van der Waals surface area contributed by atoms with E-state index in [1.807, 2.05) is 6.07 Å². The van der Waals surface area contributed by atoms with E-state index in [0.29, 0.717) is 5.69 Å². The van der Waals surface area contributed by atoms with Gasteiger partial charge in [0.05, 0.1) is 12.3 Å². The van der Waals surface area contributed by atoms with Gasteiger partial charge in [-0.3, -0.25) is 4.98 Å². The second-order valence-electron chi connectivity index (χ2n) is 3.63. The van der Waals surface area contributed by atoms with E-state index in [2.05, 4.69) is 27.6 Å². The molecule has 0 aliphatic carbocycles. The first-order valence-electron chi connectivity index (χ1n) is 4.88. The molecule has 0 radical (unpaired) electrons. The number of aliphatic hydroxyl groups excluding tert-OH is 3. The van der Waals surface area contributed by atoms with Gasteiger partial charge in [-0.2, -0.15) is 0 Å². The van der Waals surface area contributed by atoms with Crippen LogP contribution in [0, 0.1) is 3.57 Å². The van der Waals surface area contributed by atoms with Crippen molar-refractivity contribution >= 4 is 22.6 Å². The summed E-state index contributed by atoms with van der Waals surface area (Å²) in [7, 11) is 0. The van der Waals surface area contributed by atoms with Crippen LogP contribution < -0.4 is 0 Å². The second-order valence-corrected chi connectivity index (χ2v) is 4.79. The second kappa shape index (κ2) is 4.92. The summed E-state index contributed by atoms with van der Waals surface area (Å²) in [4.78, 5) is 4.13. The molecule has 0 aromatic carbocycles. The van der Waals surface area contributed by atoms with Crippen LogP contribution in [0.3, 0.4) is 0 Å². The minimum absolute atomic E-state index is 0.321. The zero-order valence-electron chi connectivity index (χ0n) is 8.32. The maximum absolute atomic E-state index is 9.81. The number of hydrogen-bond donors (Lipinski definition) is 3. The topological polar surface area (TPSA) is 82.8 Å². The molecule has 6 heteroatoms. The highest BCUT2D eigenvalue weighted by Gasteiger charge is 2.44. The fraction of sp³-hybridized carbons (Fsp3) is 0.500. The number of hydrogen-bond acceptors (Lipinski definition) is 5. The van der Waals surface area contributed by atoms with E-state index in [9.17, 15) is 10.2 Å². The van der Waals surface area contributed by atoms with Crippen LogP contribution in [-0.2, 0) is 4.74 Å². The molecule has 1 aromatic rings. The Kier molecular flexibility index (Phi) is 3.75. The molecule has 4 atom stereocenters. The molecule has 1 saturated heterocycles. The molecule has 0 amide bonds. The molecule has 3 N–H and O–H groups in total. The number of pyridine rings is 1. The number of nitrogens with zero attached hydrogens (tertiary/aromatic N) is 1. The number of ether oxygens (including phenoxy) is 1. The largest absolute Gasteiger partial charge is 0.394 e. The molecule has 0 unspecified atom stereocenters. The minimum atomic E-state index is -1.08. The summed E-state index contributed by atoms with van der Waals surface area (Å²) in [6.07, 6.45) is -1.96. The van der Waals surface area contributed by atoms with Crippen molar-refractivity contribution in [3.8, 4) is 0 Å². The average molecular weight is 337 g/mol. The van der Waals surface area contributed by atoms with Crippen molar-refractivity contribution in [2.75, 3.05) is 6.61 Å². The Labute approximate surface area is 106 Å². The Bertz CT molecular complexity index is 376. The summed E-state index contributed by atoms with van der Waals surface area (Å²) in [6, 6.07) is 3.63. The Morgan fingerprint density at radius 2 is 2.12 bits per heavy atom. The third kappa shape index (κ3) is 2.07. The van der Waals surface area contributed by atoms with Gasteiger partial charge in [0.25, 0.3) is 0 Å². The molecule has 1 aliphatic heterocycles. The van der Waals surface area contributed by atoms with Crippen LogP contribution in [0.2, 0.25) is 0 Å². The van der Waals surface area contributed by atoms with E-state index < -0.39 is 24.4 Å². The van der Waals surface area contributed by atoms with Gasteiger partial charge in [-0.25, -0.2) is 0 Å². The summed E-state index contributed by atoms with van der Waals surface area (Å²) in [6.45, 7) is -0.321. The predicted octanol–water partition coefficient (Wildman–Crippen LogP) is -0.160. The first kappa shape index (κ1) is 12.2. The lowest BCUT2D eigenvalue weighted by Gasteiger charge is -2.15. The first-order valence-corrected chi connectivity index (χ1v) is 5.96. The molecule has 1 fully saturated rings. The van der Waals surface area contributed by atoms with Gasteiger partial charge in [0.1, 0.15) is 24.4 Å². The monoisotopic (exact) mass is 337 g/mol. The van der Waals surface area contributed by atoms with Crippen LogP contribution in [0.1, 0.15) is 11.8 Å². The normalized spacial score (nSPS) is 34.2. The van der Waals surface area contributed by atoms with Crippen LogP contribution in [0.5, 0.6) is 0 Å². The molecule has 16 heavy (non-hydrogen) atoms. The standard InChI is InChI=1S/C10H12INO4/c11-5-2-1-3-12-7(5)10-9(15)8(14)6(4-13)16-10/h1-3,6,8-10,13-15H,4H2/t6-,8-,9-,10-/m1/s1. The third-order valence-electron chi connectivity index (χ3n) is 2.60. The average Bonchev–Trinajstić information content (AvgIpc) is 2.57. The molecule has 0 spiro atoms. The van der Waals surface area contributed by atoms with Gasteiger partial charge in [-0.1, -0.05) is 0 Å². The molecule has 0 bridgehead atoms. The quantitative estimate of drug-likeness (QED) is 0.654. The summed E-state index contributed by atoms with van der Waals surface area (Å²) >= 11 is 2.09. The van der Waals surface area contributed by atoms with Gasteiger partial charge in [-0.05, 0) is 34.7 Å². The summed E-state index contributed by atoms with van der Waals surface area (Å²) in [5.41, 5.74) is 0.589. The van der Waals surface area contributed by atoms with Gasteiger partial charge in [0.2, 0.25) is 0 Å². The number of aliphatic hydroxyl groups is 3. The lowest BCUT2D eigenvalue weighted by atomic mass is 10.1. The molecule has 1 aromatic heterocycles. The van der Waals surface area contributed by atoms with Crippen molar-refractivity contribution in [2.24, 2.45) is 0 Å².